The Morgan fingerprint density at radius 1 is 1.15 bits per heavy atom. The lowest BCUT2D eigenvalue weighted by Gasteiger charge is -2.52. The van der Waals surface area contributed by atoms with Crippen LogP contribution in [-0.4, -0.2) is 64.4 Å². The van der Waals surface area contributed by atoms with Crippen LogP contribution in [0.25, 0.3) is 0 Å². The first-order valence-electron chi connectivity index (χ1n) is 12.7. The third-order valence-electron chi connectivity index (χ3n) is 7.02. The molecule has 0 aromatic heterocycles. The Bertz CT molecular complexity index is 1240. The summed E-state index contributed by atoms with van der Waals surface area (Å²) in [6, 6.07) is 8.18. The van der Waals surface area contributed by atoms with Crippen molar-refractivity contribution in [3.05, 3.63) is 70.5 Å². The molecule has 2 saturated heterocycles. The van der Waals surface area contributed by atoms with Crippen LogP contribution in [0.3, 0.4) is 0 Å². The molecule has 8 nitrogen and oxygen atoms in total. The number of aryl methyl sites for hydroxylation is 1. The fourth-order valence-electron chi connectivity index (χ4n) is 5.19. The first kappa shape index (κ1) is 28.3. The molecule has 0 unspecified atom stereocenters. The van der Waals surface area contributed by atoms with Gasteiger partial charge in [-0.3, -0.25) is 9.59 Å². The van der Waals surface area contributed by atoms with Crippen molar-refractivity contribution in [2.24, 2.45) is 5.73 Å². The highest BCUT2D eigenvalue weighted by Gasteiger charge is 2.48. The molecule has 4 amide bonds. The molecular formula is C27H31F4N5O3. The second-order valence-electron chi connectivity index (χ2n) is 9.85. The van der Waals surface area contributed by atoms with Crippen molar-refractivity contribution in [1.29, 1.82) is 0 Å². The van der Waals surface area contributed by atoms with Gasteiger partial charge in [0.15, 0.2) is 0 Å². The van der Waals surface area contributed by atoms with Gasteiger partial charge in [-0.1, -0.05) is 29.8 Å². The van der Waals surface area contributed by atoms with Gasteiger partial charge in [0.1, 0.15) is 18.0 Å². The van der Waals surface area contributed by atoms with Gasteiger partial charge in [0, 0.05) is 31.6 Å². The van der Waals surface area contributed by atoms with Gasteiger partial charge in [-0.15, -0.1) is 0 Å². The molecule has 4 rings (SSSR count). The van der Waals surface area contributed by atoms with E-state index in [1.54, 1.807) is 31.2 Å². The van der Waals surface area contributed by atoms with Gasteiger partial charge in [-0.2, -0.15) is 13.2 Å². The predicted molar refractivity (Wildman–Crippen MR) is 134 cm³/mol. The summed E-state index contributed by atoms with van der Waals surface area (Å²) in [5, 5.41) is 2.66. The maximum absolute atomic E-state index is 14.4. The number of fused-ring (bicyclic) bond motifs is 1. The Morgan fingerprint density at radius 2 is 1.90 bits per heavy atom. The van der Waals surface area contributed by atoms with Crippen LogP contribution in [0, 0.1) is 12.7 Å². The summed E-state index contributed by atoms with van der Waals surface area (Å²) in [7, 11) is 0. The molecule has 2 fully saturated rings. The predicted octanol–water partition coefficient (Wildman–Crippen LogP) is 3.37. The number of nitrogens with zero attached hydrogens (tertiary/aromatic N) is 3. The zero-order chi connectivity index (χ0) is 28.3. The number of urea groups is 1. The van der Waals surface area contributed by atoms with E-state index in [1.165, 1.54) is 20.8 Å². The molecule has 0 bridgehead atoms. The molecule has 39 heavy (non-hydrogen) atoms. The normalized spacial score (nSPS) is 19.8. The number of hydrogen-bond acceptors (Lipinski definition) is 4. The number of carbonyl (C=O) groups is 3. The van der Waals surface area contributed by atoms with E-state index in [0.29, 0.717) is 24.1 Å². The molecule has 0 radical (unpaired) electrons. The minimum atomic E-state index is -4.52. The molecule has 2 aromatic rings. The summed E-state index contributed by atoms with van der Waals surface area (Å²) < 4.78 is 54.1. The van der Waals surface area contributed by atoms with Gasteiger partial charge >= 0.3 is 12.2 Å². The smallest absolute Gasteiger partial charge is 0.334 e. The average molecular weight is 550 g/mol. The topological polar surface area (TPSA) is 99.0 Å². The fraction of sp³-hybridized carbons (Fsp3) is 0.444. The number of alkyl halides is 3. The van der Waals surface area contributed by atoms with Gasteiger partial charge in [-0.05, 0) is 50.1 Å². The SMILES string of the molecule is Cc1cc(CNC(=O)N2CCC(=O)N3[C@@H]2CN(Cc2ccccc2F)C(=O)[C@@H]3CCCN)cc(C(F)(F)F)c1. The van der Waals surface area contributed by atoms with Crippen molar-refractivity contribution in [2.45, 2.75) is 57.7 Å². The molecule has 2 aliphatic rings. The summed E-state index contributed by atoms with van der Waals surface area (Å²) in [4.78, 5) is 44.0. The third kappa shape index (κ3) is 6.32. The van der Waals surface area contributed by atoms with Crippen LogP contribution in [-0.2, 0) is 28.9 Å². The van der Waals surface area contributed by atoms with Crippen LogP contribution in [0.2, 0.25) is 0 Å². The summed E-state index contributed by atoms with van der Waals surface area (Å²) >= 11 is 0. The molecule has 0 spiro atoms. The van der Waals surface area contributed by atoms with Crippen molar-refractivity contribution >= 4 is 17.8 Å². The van der Waals surface area contributed by atoms with Crippen molar-refractivity contribution in [3.8, 4) is 0 Å². The summed E-state index contributed by atoms with van der Waals surface area (Å²) in [6.07, 6.45) is -4.60. The van der Waals surface area contributed by atoms with E-state index >= 15 is 0 Å². The number of hydrogen-bond donors (Lipinski definition) is 2. The van der Waals surface area contributed by atoms with Gasteiger partial charge < -0.3 is 25.8 Å². The van der Waals surface area contributed by atoms with Crippen molar-refractivity contribution in [1.82, 2.24) is 20.0 Å². The number of carbonyl (C=O) groups excluding carboxylic acids is 3. The average Bonchev–Trinajstić information content (AvgIpc) is 2.88. The molecular weight excluding hydrogens is 518 g/mol. The van der Waals surface area contributed by atoms with E-state index in [9.17, 15) is 31.9 Å². The number of amides is 4. The lowest BCUT2D eigenvalue weighted by molar-refractivity contribution is -0.167. The summed E-state index contributed by atoms with van der Waals surface area (Å²) in [5.41, 5.74) is 5.84. The quantitative estimate of drug-likeness (QED) is 0.518. The van der Waals surface area contributed by atoms with E-state index in [1.807, 2.05) is 0 Å². The maximum atomic E-state index is 14.4. The van der Waals surface area contributed by atoms with E-state index in [0.717, 1.165) is 12.1 Å². The van der Waals surface area contributed by atoms with Gasteiger partial charge in [0.05, 0.1) is 12.1 Å². The van der Waals surface area contributed by atoms with E-state index in [2.05, 4.69) is 5.32 Å². The molecule has 2 aromatic carbocycles. The maximum Gasteiger partial charge on any atom is 0.416 e. The first-order valence-corrected chi connectivity index (χ1v) is 12.7. The van der Waals surface area contributed by atoms with Gasteiger partial charge in [0.2, 0.25) is 11.8 Å². The summed E-state index contributed by atoms with van der Waals surface area (Å²) in [6.45, 7) is 1.67. The van der Waals surface area contributed by atoms with Crippen LogP contribution >= 0.6 is 0 Å². The highest BCUT2D eigenvalue weighted by Crippen LogP contribution is 2.31. The highest BCUT2D eigenvalue weighted by atomic mass is 19.4. The van der Waals surface area contributed by atoms with Gasteiger partial charge in [0.25, 0.3) is 0 Å². The van der Waals surface area contributed by atoms with E-state index < -0.39 is 35.8 Å². The van der Waals surface area contributed by atoms with Crippen LogP contribution in [0.1, 0.15) is 41.5 Å². The lowest BCUT2D eigenvalue weighted by atomic mass is 9.99. The summed E-state index contributed by atoms with van der Waals surface area (Å²) in [5.74, 6) is -1.10. The van der Waals surface area contributed by atoms with E-state index in [-0.39, 0.29) is 56.4 Å². The molecule has 3 N–H and O–H groups in total. The van der Waals surface area contributed by atoms with Crippen molar-refractivity contribution in [3.63, 3.8) is 0 Å². The first-order chi connectivity index (χ1) is 18.5. The van der Waals surface area contributed by atoms with Crippen molar-refractivity contribution in [2.75, 3.05) is 19.6 Å². The second kappa shape index (κ2) is 11.6. The second-order valence-corrected chi connectivity index (χ2v) is 9.85. The Kier molecular flexibility index (Phi) is 8.43. The minimum Gasteiger partial charge on any atom is -0.334 e. The standard InChI is InChI=1S/C27H31F4N5O3/c1-17-11-18(13-20(12-17)27(29,30)31)14-33-26(39)35-10-8-24(37)36-22(7-4-9-32)25(38)34(16-23(35)36)15-19-5-2-3-6-21(19)28/h2-3,5-6,11-13,22-23H,4,7-10,14-16,32H2,1H3,(H,33,39)/t22-,23+/m0/s1. The fourth-order valence-corrected chi connectivity index (χ4v) is 5.19. The van der Waals surface area contributed by atoms with E-state index in [4.69, 9.17) is 5.73 Å². The number of benzene rings is 2. The van der Waals surface area contributed by atoms with Crippen LogP contribution in [0.5, 0.6) is 0 Å². The minimum absolute atomic E-state index is 0.00763. The number of piperazine rings is 1. The van der Waals surface area contributed by atoms with Crippen LogP contribution < -0.4 is 11.1 Å². The monoisotopic (exact) mass is 549 g/mol. The Labute approximate surface area is 223 Å². The molecule has 12 heteroatoms. The highest BCUT2D eigenvalue weighted by molar-refractivity contribution is 5.91. The number of rotatable bonds is 7. The zero-order valence-electron chi connectivity index (χ0n) is 21.5. The van der Waals surface area contributed by atoms with Crippen molar-refractivity contribution < 1.29 is 31.9 Å². The Hall–Kier alpha value is -3.67. The third-order valence-corrected chi connectivity index (χ3v) is 7.02. The Balaban J connectivity index is 1.56. The molecule has 210 valence electrons. The van der Waals surface area contributed by atoms with Crippen LogP contribution in [0.4, 0.5) is 22.4 Å². The van der Waals surface area contributed by atoms with Crippen LogP contribution in [0.15, 0.2) is 42.5 Å². The largest absolute Gasteiger partial charge is 0.416 e. The molecule has 0 saturated carbocycles. The Morgan fingerprint density at radius 3 is 2.59 bits per heavy atom. The molecule has 2 aliphatic heterocycles. The van der Waals surface area contributed by atoms with Gasteiger partial charge in [-0.25, -0.2) is 9.18 Å². The molecule has 2 heterocycles. The lowest BCUT2D eigenvalue weighted by Crippen LogP contribution is -2.71. The molecule has 0 aliphatic carbocycles. The molecule has 2 atom stereocenters. The number of nitrogens with two attached hydrogens (primary N) is 1. The zero-order valence-corrected chi connectivity index (χ0v) is 21.5. The number of nitrogens with one attached hydrogen (secondary N) is 1. The number of halogens is 4.